The Bertz CT molecular complexity index is 591. The summed E-state index contributed by atoms with van der Waals surface area (Å²) < 4.78 is 51.0. The smallest absolute Gasteiger partial charge is 0.368 e. The molecular weight excluding hydrogens is 330 g/mol. The van der Waals surface area contributed by atoms with Crippen molar-refractivity contribution in [1.29, 1.82) is 0 Å². The van der Waals surface area contributed by atoms with Crippen LogP contribution >= 0.6 is 0 Å². The Morgan fingerprint density at radius 1 is 1.29 bits per heavy atom. The van der Waals surface area contributed by atoms with Crippen LogP contribution in [0.25, 0.3) is 0 Å². The minimum Gasteiger partial charge on any atom is -0.368 e. The fraction of sp³-hybridized carbons (Fsp3) is 0.467. The minimum atomic E-state index is -4.64. The number of carbonyl (C=O) groups is 2. The van der Waals surface area contributed by atoms with Gasteiger partial charge in [0.25, 0.3) is 0 Å². The van der Waals surface area contributed by atoms with E-state index in [9.17, 15) is 27.2 Å². The molecule has 4 N–H and O–H groups in total. The van der Waals surface area contributed by atoms with Gasteiger partial charge in [-0.05, 0) is 18.6 Å². The molecule has 134 valence electrons. The summed E-state index contributed by atoms with van der Waals surface area (Å²) >= 11 is 0. The van der Waals surface area contributed by atoms with Gasteiger partial charge >= 0.3 is 12.2 Å². The van der Waals surface area contributed by atoms with Crippen molar-refractivity contribution in [2.24, 2.45) is 5.73 Å². The number of primary amides is 1. The molecule has 0 aromatic heterocycles. The molecular formula is C15H19F4N3O2. The van der Waals surface area contributed by atoms with Crippen LogP contribution in [0.4, 0.5) is 22.4 Å². The molecule has 0 saturated carbocycles. The fourth-order valence-corrected chi connectivity index (χ4v) is 1.95. The zero-order chi connectivity index (χ0) is 18.3. The lowest BCUT2D eigenvalue weighted by molar-refractivity contribution is -0.137. The number of nitrogens with two attached hydrogens (primary N) is 1. The van der Waals surface area contributed by atoms with Gasteiger partial charge in [0.15, 0.2) is 0 Å². The molecule has 0 unspecified atom stereocenters. The third kappa shape index (κ3) is 6.05. The molecule has 0 aliphatic carbocycles. The van der Waals surface area contributed by atoms with E-state index in [1.165, 1.54) is 0 Å². The summed E-state index contributed by atoms with van der Waals surface area (Å²) in [5, 5.41) is 4.63. The lowest BCUT2D eigenvalue weighted by Gasteiger charge is -2.16. The van der Waals surface area contributed by atoms with Gasteiger partial charge < -0.3 is 16.4 Å². The maximum absolute atomic E-state index is 13.6. The summed E-state index contributed by atoms with van der Waals surface area (Å²) in [6, 6.07) is 0.422. The van der Waals surface area contributed by atoms with E-state index in [0.29, 0.717) is 18.9 Å². The van der Waals surface area contributed by atoms with Crippen molar-refractivity contribution in [3.05, 3.63) is 35.1 Å². The third-order valence-electron chi connectivity index (χ3n) is 3.31. The number of hydrogen-bond donors (Lipinski definition) is 3. The summed E-state index contributed by atoms with van der Waals surface area (Å²) in [6.07, 6.45) is -2.78. The molecule has 1 atom stereocenters. The second-order valence-corrected chi connectivity index (χ2v) is 5.23. The quantitative estimate of drug-likeness (QED) is 0.661. The van der Waals surface area contributed by atoms with Crippen molar-refractivity contribution < 1.29 is 27.2 Å². The Balaban J connectivity index is 2.62. The van der Waals surface area contributed by atoms with E-state index in [2.05, 4.69) is 10.6 Å². The molecule has 0 aliphatic heterocycles. The number of urea groups is 1. The predicted molar refractivity (Wildman–Crippen MR) is 79.3 cm³/mol. The molecule has 9 heteroatoms. The van der Waals surface area contributed by atoms with Gasteiger partial charge in [0.05, 0.1) is 5.56 Å². The summed E-state index contributed by atoms with van der Waals surface area (Å²) in [7, 11) is 0. The van der Waals surface area contributed by atoms with Crippen molar-refractivity contribution >= 4 is 11.9 Å². The first kappa shape index (κ1) is 19.7. The molecule has 0 bridgehead atoms. The van der Waals surface area contributed by atoms with Gasteiger partial charge in [-0.15, -0.1) is 0 Å². The van der Waals surface area contributed by atoms with Gasteiger partial charge in [0.2, 0.25) is 5.91 Å². The van der Waals surface area contributed by atoms with Crippen LogP contribution in [0.5, 0.6) is 0 Å². The van der Waals surface area contributed by atoms with Crippen molar-refractivity contribution in [2.45, 2.75) is 44.9 Å². The number of carbonyl (C=O) groups excluding carboxylic acids is 2. The zero-order valence-corrected chi connectivity index (χ0v) is 13.0. The highest BCUT2D eigenvalue weighted by Crippen LogP contribution is 2.30. The number of alkyl halides is 3. The Hall–Kier alpha value is -2.32. The molecule has 5 nitrogen and oxygen atoms in total. The summed E-state index contributed by atoms with van der Waals surface area (Å²) in [5.41, 5.74) is 3.95. The van der Waals surface area contributed by atoms with Crippen LogP contribution in [0, 0.1) is 5.82 Å². The number of hydrogen-bond acceptors (Lipinski definition) is 2. The maximum atomic E-state index is 13.6. The highest BCUT2D eigenvalue weighted by Gasteiger charge is 2.31. The molecule has 0 aliphatic rings. The first-order chi connectivity index (χ1) is 11.1. The van der Waals surface area contributed by atoms with Crippen LogP contribution in [0.1, 0.15) is 37.3 Å². The van der Waals surface area contributed by atoms with E-state index < -0.39 is 35.5 Å². The van der Waals surface area contributed by atoms with E-state index >= 15 is 0 Å². The second kappa shape index (κ2) is 8.51. The van der Waals surface area contributed by atoms with E-state index in [0.717, 1.165) is 18.6 Å². The average Bonchev–Trinajstić information content (AvgIpc) is 2.48. The van der Waals surface area contributed by atoms with Gasteiger partial charge in [-0.3, -0.25) is 4.79 Å². The number of benzene rings is 1. The topological polar surface area (TPSA) is 84.2 Å². The predicted octanol–water partition coefficient (Wildman–Crippen LogP) is 2.69. The van der Waals surface area contributed by atoms with Gasteiger partial charge in [-0.2, -0.15) is 13.2 Å². The second-order valence-electron chi connectivity index (χ2n) is 5.23. The molecule has 1 rings (SSSR count). The van der Waals surface area contributed by atoms with Crippen LogP contribution in [0.3, 0.4) is 0 Å². The number of unbranched alkanes of at least 4 members (excludes halogenated alkanes) is 1. The summed E-state index contributed by atoms with van der Waals surface area (Å²) in [6.45, 7) is 1.58. The molecule has 0 radical (unpaired) electrons. The Labute approximate surface area is 136 Å². The molecule has 0 spiro atoms. The molecule has 1 aromatic rings. The first-order valence-corrected chi connectivity index (χ1v) is 7.34. The molecule has 24 heavy (non-hydrogen) atoms. The van der Waals surface area contributed by atoms with Gasteiger partial charge in [0.1, 0.15) is 11.9 Å². The normalized spacial score (nSPS) is 12.5. The van der Waals surface area contributed by atoms with Crippen LogP contribution < -0.4 is 16.4 Å². The zero-order valence-electron chi connectivity index (χ0n) is 13.0. The number of amides is 3. The van der Waals surface area contributed by atoms with Gasteiger partial charge in [0, 0.05) is 12.1 Å². The number of rotatable bonds is 7. The Morgan fingerprint density at radius 2 is 1.96 bits per heavy atom. The van der Waals surface area contributed by atoms with Crippen molar-refractivity contribution in [2.75, 3.05) is 0 Å². The Kier molecular flexibility index (Phi) is 6.99. The third-order valence-corrected chi connectivity index (χ3v) is 3.31. The van der Waals surface area contributed by atoms with Crippen molar-refractivity contribution in [3.8, 4) is 0 Å². The fourth-order valence-electron chi connectivity index (χ4n) is 1.95. The first-order valence-electron chi connectivity index (χ1n) is 7.34. The molecule has 0 heterocycles. The van der Waals surface area contributed by atoms with Crippen LogP contribution in [-0.2, 0) is 17.5 Å². The van der Waals surface area contributed by atoms with Crippen LogP contribution in [0.15, 0.2) is 18.2 Å². The SMILES string of the molecule is CCCC[C@@H](NC(=O)NCc1ccc(C(F)(F)F)cc1F)C(N)=O. The highest BCUT2D eigenvalue weighted by molar-refractivity contribution is 5.85. The van der Waals surface area contributed by atoms with Gasteiger partial charge in [-0.25, -0.2) is 9.18 Å². The number of halogens is 4. The monoisotopic (exact) mass is 349 g/mol. The molecule has 0 saturated heterocycles. The molecule has 3 amide bonds. The lowest BCUT2D eigenvalue weighted by Crippen LogP contribution is -2.48. The molecule has 1 aromatic carbocycles. The van der Waals surface area contributed by atoms with E-state index in [1.807, 2.05) is 6.92 Å². The van der Waals surface area contributed by atoms with E-state index in [1.54, 1.807) is 0 Å². The van der Waals surface area contributed by atoms with E-state index in [4.69, 9.17) is 5.73 Å². The largest absolute Gasteiger partial charge is 0.416 e. The van der Waals surface area contributed by atoms with Crippen molar-refractivity contribution in [3.63, 3.8) is 0 Å². The summed E-state index contributed by atoms with van der Waals surface area (Å²) in [5.74, 6) is -1.78. The number of nitrogens with one attached hydrogen (secondary N) is 2. The summed E-state index contributed by atoms with van der Waals surface area (Å²) in [4.78, 5) is 22.9. The lowest BCUT2D eigenvalue weighted by atomic mass is 10.1. The van der Waals surface area contributed by atoms with E-state index in [-0.39, 0.29) is 12.1 Å². The highest BCUT2D eigenvalue weighted by atomic mass is 19.4. The minimum absolute atomic E-state index is 0.109. The molecule has 0 fully saturated rings. The standard InChI is InChI=1S/C15H19F4N3O2/c1-2-3-4-12(13(20)23)22-14(24)21-8-9-5-6-10(7-11(9)16)15(17,18)19/h5-7,12H,2-4,8H2,1H3,(H2,20,23)(H2,21,22,24)/t12-/m1/s1. The van der Waals surface area contributed by atoms with Crippen molar-refractivity contribution in [1.82, 2.24) is 10.6 Å². The van der Waals surface area contributed by atoms with Crippen LogP contribution in [-0.4, -0.2) is 18.0 Å². The van der Waals surface area contributed by atoms with Gasteiger partial charge in [-0.1, -0.05) is 25.8 Å². The average molecular weight is 349 g/mol. The van der Waals surface area contributed by atoms with Crippen LogP contribution in [0.2, 0.25) is 0 Å². The maximum Gasteiger partial charge on any atom is 0.416 e. The Morgan fingerprint density at radius 3 is 2.46 bits per heavy atom.